The van der Waals surface area contributed by atoms with Crippen LogP contribution in [0.15, 0.2) is 36.7 Å². The van der Waals surface area contributed by atoms with Crippen molar-refractivity contribution in [2.45, 2.75) is 6.61 Å². The molecule has 0 radical (unpaired) electrons. The van der Waals surface area contributed by atoms with Crippen LogP contribution in [0.5, 0.6) is 0 Å². The van der Waals surface area contributed by atoms with Crippen molar-refractivity contribution in [2.75, 3.05) is 0 Å². The summed E-state index contributed by atoms with van der Waals surface area (Å²) in [6.07, 6.45) is 3.04. The monoisotopic (exact) mass is 231 g/mol. The van der Waals surface area contributed by atoms with Crippen molar-refractivity contribution in [3.8, 4) is 11.4 Å². The van der Waals surface area contributed by atoms with E-state index in [0.29, 0.717) is 17.0 Å². The van der Waals surface area contributed by atoms with Gasteiger partial charge in [-0.15, -0.1) is 0 Å². The maximum atomic E-state index is 10.5. The molecule has 0 fully saturated rings. The van der Waals surface area contributed by atoms with Crippen LogP contribution in [-0.4, -0.2) is 20.0 Å². The lowest BCUT2D eigenvalue weighted by Gasteiger charge is -2.00. The lowest BCUT2D eigenvalue weighted by atomic mass is 10.2. The Bertz CT molecular complexity index is 523. The summed E-state index contributed by atoms with van der Waals surface area (Å²) >= 11 is 0. The van der Waals surface area contributed by atoms with E-state index < -0.39 is 4.92 Å². The number of hydrogen-bond donors (Lipinski definition) is 1. The highest BCUT2D eigenvalue weighted by atomic mass is 16.6. The summed E-state index contributed by atoms with van der Waals surface area (Å²) < 4.78 is 0. The highest BCUT2D eigenvalue weighted by Crippen LogP contribution is 2.18. The minimum absolute atomic E-state index is 0.0285. The molecule has 1 N–H and O–H groups in total. The van der Waals surface area contributed by atoms with E-state index in [1.807, 2.05) is 0 Å². The number of benzene rings is 1. The number of nitro benzene ring substituents is 1. The standard InChI is InChI=1S/C11H9N3O3/c15-7-8-5-12-11(13-6-8)9-1-3-10(4-2-9)14(16)17/h1-6,15H,7H2. The molecule has 1 aromatic carbocycles. The summed E-state index contributed by atoms with van der Waals surface area (Å²) in [5.41, 5.74) is 1.34. The second kappa shape index (κ2) is 4.67. The van der Waals surface area contributed by atoms with Gasteiger partial charge in [-0.05, 0) is 12.1 Å². The van der Waals surface area contributed by atoms with E-state index in [1.54, 1.807) is 12.1 Å². The average molecular weight is 231 g/mol. The van der Waals surface area contributed by atoms with E-state index in [2.05, 4.69) is 9.97 Å². The minimum Gasteiger partial charge on any atom is -0.392 e. The van der Waals surface area contributed by atoms with Crippen molar-refractivity contribution in [3.05, 3.63) is 52.3 Å². The van der Waals surface area contributed by atoms with Gasteiger partial charge in [-0.1, -0.05) is 0 Å². The lowest BCUT2D eigenvalue weighted by molar-refractivity contribution is -0.384. The third-order valence-corrected chi connectivity index (χ3v) is 2.22. The number of rotatable bonds is 3. The van der Waals surface area contributed by atoms with Gasteiger partial charge in [0, 0.05) is 35.7 Å². The smallest absolute Gasteiger partial charge is 0.269 e. The minimum atomic E-state index is -0.459. The summed E-state index contributed by atoms with van der Waals surface area (Å²) in [5, 5.41) is 19.3. The fraction of sp³-hybridized carbons (Fsp3) is 0.0909. The van der Waals surface area contributed by atoms with Gasteiger partial charge in [0.1, 0.15) is 0 Å². The van der Waals surface area contributed by atoms with Gasteiger partial charge in [0.15, 0.2) is 5.82 Å². The Hall–Kier alpha value is -2.34. The van der Waals surface area contributed by atoms with Crippen LogP contribution in [0, 0.1) is 10.1 Å². The fourth-order valence-corrected chi connectivity index (χ4v) is 1.32. The maximum Gasteiger partial charge on any atom is 0.269 e. The average Bonchev–Trinajstić information content (AvgIpc) is 2.39. The molecule has 86 valence electrons. The number of non-ortho nitro benzene ring substituents is 1. The van der Waals surface area contributed by atoms with Gasteiger partial charge in [0.25, 0.3) is 5.69 Å². The van der Waals surface area contributed by atoms with Crippen molar-refractivity contribution < 1.29 is 10.0 Å². The number of nitrogens with zero attached hydrogens (tertiary/aromatic N) is 3. The van der Waals surface area contributed by atoms with E-state index >= 15 is 0 Å². The van der Waals surface area contributed by atoms with Crippen molar-refractivity contribution in [1.82, 2.24) is 9.97 Å². The van der Waals surface area contributed by atoms with Crippen molar-refractivity contribution in [3.63, 3.8) is 0 Å². The number of hydrogen-bond acceptors (Lipinski definition) is 5. The molecule has 0 amide bonds. The molecule has 17 heavy (non-hydrogen) atoms. The van der Waals surface area contributed by atoms with Crippen LogP contribution in [-0.2, 0) is 6.61 Å². The molecule has 0 saturated heterocycles. The fourth-order valence-electron chi connectivity index (χ4n) is 1.32. The van der Waals surface area contributed by atoms with Gasteiger partial charge in [-0.2, -0.15) is 0 Å². The van der Waals surface area contributed by atoms with E-state index in [-0.39, 0.29) is 12.3 Å². The first-order valence-corrected chi connectivity index (χ1v) is 4.87. The molecule has 0 bridgehead atoms. The molecule has 0 aliphatic carbocycles. The number of aliphatic hydroxyl groups excluding tert-OH is 1. The molecule has 0 atom stereocenters. The quantitative estimate of drug-likeness (QED) is 0.639. The Morgan fingerprint density at radius 1 is 1.18 bits per heavy atom. The molecule has 2 aromatic rings. The molecule has 2 rings (SSSR count). The first-order valence-electron chi connectivity index (χ1n) is 4.87. The van der Waals surface area contributed by atoms with Crippen molar-refractivity contribution >= 4 is 5.69 Å². The molecular weight excluding hydrogens is 222 g/mol. The Balaban J connectivity index is 2.29. The number of nitro groups is 1. The normalized spacial score (nSPS) is 10.2. The maximum absolute atomic E-state index is 10.5. The highest BCUT2D eigenvalue weighted by molar-refractivity contribution is 5.56. The number of aromatic nitrogens is 2. The van der Waals surface area contributed by atoms with Crippen LogP contribution in [0.4, 0.5) is 5.69 Å². The number of aliphatic hydroxyl groups is 1. The molecule has 0 spiro atoms. The third kappa shape index (κ3) is 2.43. The largest absolute Gasteiger partial charge is 0.392 e. The van der Waals surface area contributed by atoms with Gasteiger partial charge >= 0.3 is 0 Å². The van der Waals surface area contributed by atoms with E-state index in [0.717, 1.165) is 0 Å². The summed E-state index contributed by atoms with van der Waals surface area (Å²) in [6.45, 7) is -0.111. The van der Waals surface area contributed by atoms with Crippen LogP contribution in [0.2, 0.25) is 0 Å². The Morgan fingerprint density at radius 2 is 1.76 bits per heavy atom. The van der Waals surface area contributed by atoms with Crippen LogP contribution < -0.4 is 0 Å². The molecule has 0 unspecified atom stereocenters. The van der Waals surface area contributed by atoms with Crippen molar-refractivity contribution in [1.29, 1.82) is 0 Å². The molecular formula is C11H9N3O3. The van der Waals surface area contributed by atoms with E-state index in [1.165, 1.54) is 24.5 Å². The first-order chi connectivity index (χ1) is 8.20. The summed E-state index contributed by atoms with van der Waals surface area (Å²) in [5.74, 6) is 0.470. The molecule has 0 saturated carbocycles. The molecule has 1 aromatic heterocycles. The summed E-state index contributed by atoms with van der Waals surface area (Å²) in [4.78, 5) is 18.1. The van der Waals surface area contributed by atoms with Gasteiger partial charge in [-0.3, -0.25) is 10.1 Å². The predicted molar refractivity (Wildman–Crippen MR) is 60.0 cm³/mol. The summed E-state index contributed by atoms with van der Waals surface area (Å²) in [6, 6.07) is 5.98. The molecule has 6 nitrogen and oxygen atoms in total. The second-order valence-corrected chi connectivity index (χ2v) is 3.38. The molecule has 1 heterocycles. The SMILES string of the molecule is O=[N+]([O-])c1ccc(-c2ncc(CO)cn2)cc1. The van der Waals surface area contributed by atoms with Crippen LogP contribution in [0.25, 0.3) is 11.4 Å². The second-order valence-electron chi connectivity index (χ2n) is 3.38. The van der Waals surface area contributed by atoms with E-state index in [4.69, 9.17) is 5.11 Å². The van der Waals surface area contributed by atoms with Crippen LogP contribution in [0.1, 0.15) is 5.56 Å². The Labute approximate surface area is 96.7 Å². The van der Waals surface area contributed by atoms with Gasteiger partial charge in [0.05, 0.1) is 11.5 Å². The topological polar surface area (TPSA) is 89.2 Å². The zero-order valence-electron chi connectivity index (χ0n) is 8.78. The Kier molecular flexibility index (Phi) is 3.06. The first kappa shape index (κ1) is 11.2. The molecule has 6 heteroatoms. The Morgan fingerprint density at radius 3 is 2.24 bits per heavy atom. The van der Waals surface area contributed by atoms with Gasteiger partial charge in [0.2, 0.25) is 0 Å². The predicted octanol–water partition coefficient (Wildman–Crippen LogP) is 1.54. The molecule has 0 aliphatic rings. The lowest BCUT2D eigenvalue weighted by Crippen LogP contribution is -1.93. The molecule has 0 aliphatic heterocycles. The van der Waals surface area contributed by atoms with Crippen molar-refractivity contribution in [2.24, 2.45) is 0 Å². The third-order valence-electron chi connectivity index (χ3n) is 2.22. The zero-order chi connectivity index (χ0) is 12.3. The van der Waals surface area contributed by atoms with Crippen LogP contribution in [0.3, 0.4) is 0 Å². The van der Waals surface area contributed by atoms with Gasteiger partial charge in [-0.25, -0.2) is 9.97 Å². The van der Waals surface area contributed by atoms with E-state index in [9.17, 15) is 10.1 Å². The van der Waals surface area contributed by atoms with Gasteiger partial charge < -0.3 is 5.11 Å². The van der Waals surface area contributed by atoms with Crippen LogP contribution >= 0.6 is 0 Å². The highest BCUT2D eigenvalue weighted by Gasteiger charge is 2.06. The zero-order valence-corrected chi connectivity index (χ0v) is 8.78. The summed E-state index contributed by atoms with van der Waals surface area (Å²) in [7, 11) is 0.